The number of nitrogen functional groups attached to an aromatic ring is 1. The van der Waals surface area contributed by atoms with Crippen molar-refractivity contribution in [3.63, 3.8) is 0 Å². The number of nitrogens with two attached hydrogens (primary N) is 1. The van der Waals surface area contributed by atoms with Gasteiger partial charge in [0.15, 0.2) is 18.2 Å². The maximum absolute atomic E-state index is 13.1. The van der Waals surface area contributed by atoms with Crippen molar-refractivity contribution >= 4 is 17.6 Å². The summed E-state index contributed by atoms with van der Waals surface area (Å²) >= 11 is 0. The van der Waals surface area contributed by atoms with Crippen molar-refractivity contribution < 1.29 is 23.8 Å². The fraction of sp³-hybridized carbons (Fsp3) is 0.0556. The van der Waals surface area contributed by atoms with E-state index in [1.54, 1.807) is 18.2 Å². The number of carbonyl (C=O) groups is 2. The first-order valence-electron chi connectivity index (χ1n) is 7.55. The second-order valence-corrected chi connectivity index (χ2v) is 5.41. The Morgan fingerprint density at radius 1 is 1.19 bits per heavy atom. The quantitative estimate of drug-likeness (QED) is 0.585. The number of benzene rings is 2. The molecule has 0 aliphatic heterocycles. The third kappa shape index (κ3) is 3.54. The van der Waals surface area contributed by atoms with Crippen molar-refractivity contribution in [1.29, 1.82) is 0 Å². The van der Waals surface area contributed by atoms with Crippen LogP contribution in [0, 0.1) is 5.82 Å². The van der Waals surface area contributed by atoms with Gasteiger partial charge in [0.1, 0.15) is 11.6 Å². The Kier molecular flexibility index (Phi) is 4.66. The molecular formula is C18H14FN3O4. The summed E-state index contributed by atoms with van der Waals surface area (Å²) in [7, 11) is 0. The molecule has 3 rings (SSSR count). The standard InChI is InChI=1S/C18H14FN3O4/c19-12-6-4-10(5-7-12)16-15(18(20)22-21-16)17(25)11-2-1-3-13(8-11)26-9-14(23)24/h1-8H,9H2,(H,23,24)(H3,20,21,22). The van der Waals surface area contributed by atoms with Gasteiger partial charge in [0, 0.05) is 11.1 Å². The van der Waals surface area contributed by atoms with Crippen LogP contribution in [0.5, 0.6) is 5.75 Å². The number of halogens is 1. The highest BCUT2D eigenvalue weighted by Crippen LogP contribution is 2.28. The highest BCUT2D eigenvalue weighted by molar-refractivity contribution is 6.15. The Morgan fingerprint density at radius 3 is 2.62 bits per heavy atom. The predicted octanol–water partition coefficient (Wildman–Crippen LogP) is 2.49. The van der Waals surface area contributed by atoms with E-state index in [-0.39, 0.29) is 22.7 Å². The molecule has 2 aromatic carbocycles. The van der Waals surface area contributed by atoms with Crippen LogP contribution in [0.3, 0.4) is 0 Å². The predicted molar refractivity (Wildman–Crippen MR) is 91.4 cm³/mol. The Bertz CT molecular complexity index is 967. The lowest BCUT2D eigenvalue weighted by Crippen LogP contribution is -2.10. The van der Waals surface area contributed by atoms with Crippen molar-refractivity contribution in [1.82, 2.24) is 10.2 Å². The summed E-state index contributed by atoms with van der Waals surface area (Å²) in [5.41, 5.74) is 7.15. The zero-order valence-corrected chi connectivity index (χ0v) is 13.4. The summed E-state index contributed by atoms with van der Waals surface area (Å²) in [6.07, 6.45) is 0. The maximum atomic E-state index is 13.1. The molecule has 26 heavy (non-hydrogen) atoms. The van der Waals surface area contributed by atoms with E-state index in [9.17, 15) is 14.0 Å². The molecule has 1 aromatic heterocycles. The molecule has 8 heteroatoms. The number of aromatic nitrogens is 2. The van der Waals surface area contributed by atoms with Gasteiger partial charge in [-0.25, -0.2) is 9.18 Å². The van der Waals surface area contributed by atoms with Crippen LogP contribution in [0.4, 0.5) is 10.2 Å². The number of ketones is 1. The maximum Gasteiger partial charge on any atom is 0.341 e. The molecule has 0 amide bonds. The van der Waals surface area contributed by atoms with Gasteiger partial charge in [0.2, 0.25) is 0 Å². The number of H-pyrrole nitrogens is 1. The summed E-state index contributed by atoms with van der Waals surface area (Å²) in [6, 6.07) is 11.6. The Labute approximate surface area is 147 Å². The van der Waals surface area contributed by atoms with Crippen molar-refractivity contribution in [3.05, 3.63) is 65.5 Å². The molecule has 0 spiro atoms. The van der Waals surface area contributed by atoms with Gasteiger partial charge < -0.3 is 15.6 Å². The number of aliphatic carboxylic acids is 1. The molecule has 1 heterocycles. The number of ether oxygens (including phenoxy) is 1. The summed E-state index contributed by atoms with van der Waals surface area (Å²) in [6.45, 7) is -0.522. The van der Waals surface area contributed by atoms with E-state index in [4.69, 9.17) is 15.6 Å². The van der Waals surface area contributed by atoms with E-state index >= 15 is 0 Å². The van der Waals surface area contributed by atoms with Crippen molar-refractivity contribution in [2.24, 2.45) is 0 Å². The van der Waals surface area contributed by atoms with Gasteiger partial charge in [-0.05, 0) is 36.4 Å². The number of hydrogen-bond donors (Lipinski definition) is 3. The summed E-state index contributed by atoms with van der Waals surface area (Å²) in [5, 5.41) is 15.2. The zero-order chi connectivity index (χ0) is 18.7. The highest BCUT2D eigenvalue weighted by atomic mass is 19.1. The van der Waals surface area contributed by atoms with Gasteiger partial charge in [0.25, 0.3) is 0 Å². The topological polar surface area (TPSA) is 118 Å². The van der Waals surface area contributed by atoms with E-state index in [0.29, 0.717) is 11.3 Å². The first kappa shape index (κ1) is 17.2. The minimum atomic E-state index is -1.13. The molecule has 0 fully saturated rings. The molecule has 0 bridgehead atoms. The van der Waals surface area contributed by atoms with Crippen LogP contribution in [0.2, 0.25) is 0 Å². The van der Waals surface area contributed by atoms with Crippen molar-refractivity contribution in [3.8, 4) is 17.0 Å². The van der Waals surface area contributed by atoms with E-state index < -0.39 is 24.2 Å². The first-order valence-corrected chi connectivity index (χ1v) is 7.55. The fourth-order valence-electron chi connectivity index (χ4n) is 2.43. The fourth-order valence-corrected chi connectivity index (χ4v) is 2.43. The Morgan fingerprint density at radius 2 is 1.92 bits per heavy atom. The lowest BCUT2D eigenvalue weighted by molar-refractivity contribution is -0.139. The van der Waals surface area contributed by atoms with Crippen LogP contribution in [-0.2, 0) is 4.79 Å². The Balaban J connectivity index is 1.96. The molecule has 4 N–H and O–H groups in total. The first-order chi connectivity index (χ1) is 12.5. The third-order valence-electron chi connectivity index (χ3n) is 3.61. The minimum absolute atomic E-state index is 0.00572. The second kappa shape index (κ2) is 7.06. The summed E-state index contributed by atoms with van der Waals surface area (Å²) in [4.78, 5) is 23.5. The molecule has 0 saturated carbocycles. The number of anilines is 1. The third-order valence-corrected chi connectivity index (χ3v) is 3.61. The van der Waals surface area contributed by atoms with Crippen LogP contribution in [0.1, 0.15) is 15.9 Å². The van der Waals surface area contributed by atoms with Gasteiger partial charge >= 0.3 is 5.97 Å². The van der Waals surface area contributed by atoms with E-state index in [0.717, 1.165) is 0 Å². The van der Waals surface area contributed by atoms with Gasteiger partial charge in [0.05, 0.1) is 11.3 Å². The molecule has 0 saturated heterocycles. The number of aromatic amines is 1. The Hall–Kier alpha value is -3.68. The van der Waals surface area contributed by atoms with Crippen LogP contribution >= 0.6 is 0 Å². The van der Waals surface area contributed by atoms with Gasteiger partial charge in [-0.15, -0.1) is 0 Å². The van der Waals surface area contributed by atoms with E-state index in [1.807, 2.05) is 0 Å². The van der Waals surface area contributed by atoms with Crippen molar-refractivity contribution in [2.45, 2.75) is 0 Å². The number of carboxylic acid groups (broad SMARTS) is 1. The molecule has 132 valence electrons. The highest BCUT2D eigenvalue weighted by Gasteiger charge is 2.22. The SMILES string of the molecule is Nc1n[nH]c(-c2ccc(F)cc2)c1C(=O)c1cccc(OCC(=O)O)c1. The summed E-state index contributed by atoms with van der Waals surface area (Å²) in [5.74, 6) is -1.71. The van der Waals surface area contributed by atoms with Gasteiger partial charge in [-0.3, -0.25) is 9.89 Å². The van der Waals surface area contributed by atoms with Crippen molar-refractivity contribution in [2.75, 3.05) is 12.3 Å². The second-order valence-electron chi connectivity index (χ2n) is 5.41. The minimum Gasteiger partial charge on any atom is -0.482 e. The summed E-state index contributed by atoms with van der Waals surface area (Å²) < 4.78 is 18.2. The number of carbonyl (C=O) groups excluding carboxylic acids is 1. The monoisotopic (exact) mass is 355 g/mol. The van der Waals surface area contributed by atoms with Crippen LogP contribution in [0.15, 0.2) is 48.5 Å². The number of nitrogens with zero attached hydrogens (tertiary/aromatic N) is 1. The number of nitrogens with one attached hydrogen (secondary N) is 1. The zero-order valence-electron chi connectivity index (χ0n) is 13.4. The molecule has 0 aliphatic carbocycles. The number of carboxylic acids is 1. The van der Waals surface area contributed by atoms with E-state index in [1.165, 1.54) is 30.3 Å². The number of hydrogen-bond acceptors (Lipinski definition) is 5. The van der Waals surface area contributed by atoms with Crippen LogP contribution in [-0.4, -0.2) is 33.7 Å². The average Bonchev–Trinajstić information content (AvgIpc) is 3.01. The molecule has 0 radical (unpaired) electrons. The lowest BCUT2D eigenvalue weighted by atomic mass is 9.99. The van der Waals surface area contributed by atoms with Gasteiger partial charge in [-0.2, -0.15) is 5.10 Å². The molecule has 0 aliphatic rings. The van der Waals surface area contributed by atoms with Crippen LogP contribution in [0.25, 0.3) is 11.3 Å². The molecule has 7 nitrogen and oxygen atoms in total. The smallest absolute Gasteiger partial charge is 0.341 e. The van der Waals surface area contributed by atoms with E-state index in [2.05, 4.69) is 10.2 Å². The molecule has 3 aromatic rings. The van der Waals surface area contributed by atoms with Gasteiger partial charge in [-0.1, -0.05) is 12.1 Å². The van der Waals surface area contributed by atoms with Crippen LogP contribution < -0.4 is 10.5 Å². The lowest BCUT2D eigenvalue weighted by Gasteiger charge is -2.07. The largest absolute Gasteiger partial charge is 0.482 e. The average molecular weight is 355 g/mol. The molecule has 0 unspecified atom stereocenters. The molecule has 0 atom stereocenters. The normalized spacial score (nSPS) is 10.5. The number of rotatable bonds is 6. The molecular weight excluding hydrogens is 341 g/mol.